The first kappa shape index (κ1) is 27.2. The topological polar surface area (TPSA) is 138 Å². The van der Waals surface area contributed by atoms with E-state index < -0.39 is 15.8 Å². The molecule has 1 saturated carbocycles. The number of halogens is 1. The largest absolute Gasteiger partial charge is 0.494 e. The van der Waals surface area contributed by atoms with Crippen molar-refractivity contribution < 1.29 is 17.9 Å². The van der Waals surface area contributed by atoms with Gasteiger partial charge in [-0.25, -0.2) is 22.1 Å². The van der Waals surface area contributed by atoms with Gasteiger partial charge in [0.1, 0.15) is 17.3 Å². The van der Waals surface area contributed by atoms with Gasteiger partial charge in [-0.15, -0.1) is 0 Å². The number of ether oxygens (including phenoxy) is 1. The third kappa shape index (κ3) is 4.30. The minimum absolute atomic E-state index is 0.0239. The number of anilines is 1. The zero-order valence-electron chi connectivity index (χ0n) is 23.6. The number of aromatic nitrogens is 5. The van der Waals surface area contributed by atoms with Crippen LogP contribution in [0.2, 0.25) is 5.02 Å². The standard InChI is InChI=1S/C31H27ClN6O4S/c1-16-4-9-20(10-5-16)43(40,41)38-27-14-21(18-6-7-18)24(32)13-22(27)30(42-3)28(38)29(39)23-15-34-37(31(23)33)19-8-11-25-26(12-19)36-17(2)35-25/h4-5,8-15,18H,6-7,33H2,1-3H3,(H,35,36). The number of carbonyl (C=O) groups is 1. The first-order valence-corrected chi connectivity index (χ1v) is 15.5. The van der Waals surface area contributed by atoms with E-state index in [9.17, 15) is 13.2 Å². The summed E-state index contributed by atoms with van der Waals surface area (Å²) >= 11 is 6.67. The van der Waals surface area contributed by atoms with Crippen molar-refractivity contribution in [2.75, 3.05) is 12.8 Å². The number of benzene rings is 3. The highest BCUT2D eigenvalue weighted by Gasteiger charge is 2.36. The molecule has 1 aliphatic carbocycles. The molecule has 0 unspecified atom stereocenters. The average molecular weight is 615 g/mol. The molecule has 7 rings (SSSR count). The summed E-state index contributed by atoms with van der Waals surface area (Å²) in [6, 6.07) is 15.4. The van der Waals surface area contributed by atoms with E-state index in [0.29, 0.717) is 21.6 Å². The molecular weight excluding hydrogens is 588 g/mol. The van der Waals surface area contributed by atoms with Crippen LogP contribution in [0.3, 0.4) is 0 Å². The molecule has 6 aromatic rings. The van der Waals surface area contributed by atoms with Crippen LogP contribution in [0.25, 0.3) is 27.6 Å². The number of hydrogen-bond acceptors (Lipinski definition) is 7. The lowest BCUT2D eigenvalue weighted by molar-refractivity contribution is 0.103. The first-order chi connectivity index (χ1) is 20.6. The summed E-state index contributed by atoms with van der Waals surface area (Å²) in [7, 11) is -2.88. The number of nitrogens with zero attached hydrogens (tertiary/aromatic N) is 4. The van der Waals surface area contributed by atoms with Gasteiger partial charge in [0, 0.05) is 10.4 Å². The molecule has 1 fully saturated rings. The molecule has 3 N–H and O–H groups in total. The molecule has 0 radical (unpaired) electrons. The smallest absolute Gasteiger partial charge is 0.268 e. The van der Waals surface area contributed by atoms with Crippen LogP contribution in [-0.2, 0) is 10.0 Å². The van der Waals surface area contributed by atoms with Gasteiger partial charge >= 0.3 is 0 Å². The summed E-state index contributed by atoms with van der Waals surface area (Å²) < 4.78 is 36.9. The van der Waals surface area contributed by atoms with Crippen LogP contribution in [0.15, 0.2) is 65.7 Å². The normalized spacial score (nSPS) is 13.7. The van der Waals surface area contributed by atoms with Crippen molar-refractivity contribution in [3.05, 3.63) is 94.0 Å². The minimum Gasteiger partial charge on any atom is -0.494 e. The van der Waals surface area contributed by atoms with Crippen LogP contribution in [0.4, 0.5) is 5.82 Å². The van der Waals surface area contributed by atoms with Crippen LogP contribution in [0, 0.1) is 13.8 Å². The number of H-pyrrole nitrogens is 1. The quantitative estimate of drug-likeness (QED) is 0.213. The molecule has 3 aromatic carbocycles. The van der Waals surface area contributed by atoms with Gasteiger partial charge in [-0.2, -0.15) is 5.10 Å². The molecule has 3 heterocycles. The first-order valence-electron chi connectivity index (χ1n) is 13.7. The van der Waals surface area contributed by atoms with Crippen molar-refractivity contribution in [2.45, 2.75) is 37.5 Å². The number of imidazole rings is 1. The van der Waals surface area contributed by atoms with Crippen molar-refractivity contribution >= 4 is 55.2 Å². The maximum Gasteiger partial charge on any atom is 0.268 e. The monoisotopic (exact) mass is 614 g/mol. The number of aryl methyl sites for hydroxylation is 2. The van der Waals surface area contributed by atoms with Gasteiger partial charge in [0.2, 0.25) is 5.78 Å². The van der Waals surface area contributed by atoms with Crippen molar-refractivity contribution in [2.24, 2.45) is 0 Å². The molecule has 3 aromatic heterocycles. The number of aromatic amines is 1. The van der Waals surface area contributed by atoms with Crippen LogP contribution in [0.5, 0.6) is 5.75 Å². The number of fused-ring (bicyclic) bond motifs is 2. The fraction of sp³-hybridized carbons (Fsp3) is 0.194. The second-order valence-corrected chi connectivity index (χ2v) is 13.0. The molecule has 10 nitrogen and oxygen atoms in total. The summed E-state index contributed by atoms with van der Waals surface area (Å²) in [4.78, 5) is 22.0. The van der Waals surface area contributed by atoms with E-state index in [2.05, 4.69) is 15.1 Å². The number of nitrogens with two attached hydrogens (primary N) is 1. The molecular formula is C31H27ClN6O4S. The second-order valence-electron chi connectivity index (χ2n) is 10.8. The average Bonchev–Trinajstić information content (AvgIpc) is 3.52. The van der Waals surface area contributed by atoms with Crippen LogP contribution in [-0.4, -0.2) is 45.0 Å². The Morgan fingerprint density at radius 3 is 2.53 bits per heavy atom. The van der Waals surface area contributed by atoms with Crippen LogP contribution in [0.1, 0.15) is 51.8 Å². The van der Waals surface area contributed by atoms with E-state index in [1.807, 2.05) is 26.0 Å². The SMILES string of the molecule is COc1c(C(=O)c2cnn(-c3ccc4nc(C)[nH]c4c3)c2N)n(S(=O)(=O)c2ccc(C)cc2)c2cc(C3CC3)c(Cl)cc12. The summed E-state index contributed by atoms with van der Waals surface area (Å²) in [6.07, 6.45) is 3.25. The van der Waals surface area contributed by atoms with E-state index in [1.54, 1.807) is 30.3 Å². The number of hydrogen-bond donors (Lipinski definition) is 2. The number of carbonyl (C=O) groups excluding carboxylic acids is 1. The minimum atomic E-state index is -4.28. The van der Waals surface area contributed by atoms with Crippen molar-refractivity contribution in [1.29, 1.82) is 0 Å². The number of rotatable bonds is 7. The van der Waals surface area contributed by atoms with Gasteiger partial charge < -0.3 is 15.5 Å². The molecule has 43 heavy (non-hydrogen) atoms. The number of methoxy groups -OCH3 is 1. The van der Waals surface area contributed by atoms with E-state index in [-0.39, 0.29) is 33.6 Å². The molecule has 218 valence electrons. The van der Waals surface area contributed by atoms with Crippen LogP contribution >= 0.6 is 11.6 Å². The Morgan fingerprint density at radius 1 is 1.09 bits per heavy atom. The molecule has 0 bridgehead atoms. The zero-order valence-corrected chi connectivity index (χ0v) is 25.1. The van der Waals surface area contributed by atoms with Crippen LogP contribution < -0.4 is 10.5 Å². The lowest BCUT2D eigenvalue weighted by Gasteiger charge is -2.13. The van der Waals surface area contributed by atoms with Crippen molar-refractivity contribution in [1.82, 2.24) is 23.7 Å². The Labute approximate surface area is 252 Å². The van der Waals surface area contributed by atoms with Gasteiger partial charge in [0.05, 0.1) is 46.0 Å². The molecule has 0 spiro atoms. The Kier molecular flexibility index (Phi) is 6.15. The van der Waals surface area contributed by atoms with Gasteiger partial charge in [0.15, 0.2) is 5.75 Å². The fourth-order valence-corrected chi connectivity index (χ4v) is 7.39. The highest BCUT2D eigenvalue weighted by atomic mass is 35.5. The molecule has 0 atom stereocenters. The Morgan fingerprint density at radius 2 is 1.84 bits per heavy atom. The molecule has 12 heteroatoms. The van der Waals surface area contributed by atoms with Gasteiger partial charge in [-0.05, 0) is 80.6 Å². The molecule has 0 aliphatic heterocycles. The van der Waals surface area contributed by atoms with Gasteiger partial charge in [-0.3, -0.25) is 4.79 Å². The second kappa shape index (κ2) is 9.72. The third-order valence-electron chi connectivity index (χ3n) is 7.87. The van der Waals surface area contributed by atoms with Crippen molar-refractivity contribution in [3.8, 4) is 11.4 Å². The molecule has 1 aliphatic rings. The Bertz CT molecular complexity index is 2210. The van der Waals surface area contributed by atoms with Crippen molar-refractivity contribution in [3.63, 3.8) is 0 Å². The van der Waals surface area contributed by atoms with E-state index >= 15 is 0 Å². The maximum absolute atomic E-state index is 14.4. The lowest BCUT2D eigenvalue weighted by atomic mass is 10.1. The summed E-state index contributed by atoms with van der Waals surface area (Å²) in [6.45, 7) is 3.73. The molecule has 0 amide bonds. The number of nitrogens with one attached hydrogen (secondary N) is 1. The lowest BCUT2D eigenvalue weighted by Crippen LogP contribution is -2.20. The number of ketones is 1. The van der Waals surface area contributed by atoms with E-state index in [0.717, 1.165) is 44.8 Å². The maximum atomic E-state index is 14.4. The molecule has 0 saturated heterocycles. The Hall–Kier alpha value is -4.61. The highest BCUT2D eigenvalue weighted by Crippen LogP contribution is 2.47. The summed E-state index contributed by atoms with van der Waals surface area (Å²) in [5, 5.41) is 5.29. The fourth-order valence-electron chi connectivity index (χ4n) is 5.57. The van der Waals surface area contributed by atoms with E-state index in [4.69, 9.17) is 22.1 Å². The highest BCUT2D eigenvalue weighted by molar-refractivity contribution is 7.90. The summed E-state index contributed by atoms with van der Waals surface area (Å²) in [5.41, 5.74) is 10.6. The van der Waals surface area contributed by atoms with Gasteiger partial charge in [-0.1, -0.05) is 29.3 Å². The third-order valence-corrected chi connectivity index (χ3v) is 9.93. The predicted octanol–water partition coefficient (Wildman–Crippen LogP) is 5.91. The van der Waals surface area contributed by atoms with Gasteiger partial charge in [0.25, 0.3) is 10.0 Å². The Balaban J connectivity index is 1.45. The summed E-state index contributed by atoms with van der Waals surface area (Å²) in [5.74, 6) is 0.467. The predicted molar refractivity (Wildman–Crippen MR) is 165 cm³/mol. The van der Waals surface area contributed by atoms with E-state index in [1.165, 1.54) is 30.1 Å². The number of nitrogen functional groups attached to an aromatic ring is 1. The zero-order chi connectivity index (χ0) is 30.2.